The van der Waals surface area contributed by atoms with Crippen LogP contribution in [0.2, 0.25) is 0 Å². The van der Waals surface area contributed by atoms with Crippen LogP contribution in [0.1, 0.15) is 12.5 Å². The summed E-state index contributed by atoms with van der Waals surface area (Å²) in [5.41, 5.74) is 1.54. The molecule has 0 heterocycles. The summed E-state index contributed by atoms with van der Waals surface area (Å²) in [7, 11) is 0. The van der Waals surface area contributed by atoms with Crippen molar-refractivity contribution in [1.29, 1.82) is 0 Å². The molecular weight excluding hydrogens is 295 g/mol. The molecule has 23 heavy (non-hydrogen) atoms. The van der Waals surface area contributed by atoms with E-state index in [1.54, 1.807) is 12.1 Å². The number of benzene rings is 2. The lowest BCUT2D eigenvalue weighted by Gasteiger charge is -2.21. The molecule has 0 saturated heterocycles. The van der Waals surface area contributed by atoms with Crippen LogP contribution in [0.25, 0.3) is 0 Å². The fraction of sp³-hybridized carbons (Fsp3) is 0.222. The van der Waals surface area contributed by atoms with Gasteiger partial charge in [0.1, 0.15) is 5.82 Å². The molecule has 120 valence electrons. The Morgan fingerprint density at radius 3 is 2.30 bits per heavy atom. The van der Waals surface area contributed by atoms with Gasteiger partial charge >= 0.3 is 0 Å². The van der Waals surface area contributed by atoms with Crippen LogP contribution in [0.4, 0.5) is 10.1 Å². The molecule has 2 aromatic carbocycles. The average Bonchev–Trinajstić information content (AvgIpc) is 2.53. The molecule has 4 nitrogen and oxygen atoms in total. The lowest BCUT2D eigenvalue weighted by atomic mass is 10.1. The molecule has 0 aromatic heterocycles. The highest BCUT2D eigenvalue weighted by Gasteiger charge is 2.12. The van der Waals surface area contributed by atoms with Crippen molar-refractivity contribution in [2.45, 2.75) is 13.3 Å². The lowest BCUT2D eigenvalue weighted by Crippen LogP contribution is -2.38. The van der Waals surface area contributed by atoms with Gasteiger partial charge in [-0.05, 0) is 29.8 Å². The number of amides is 2. The molecule has 2 amide bonds. The van der Waals surface area contributed by atoms with Crippen LogP contribution in [0.15, 0.2) is 54.6 Å². The summed E-state index contributed by atoms with van der Waals surface area (Å²) in [5.74, 6) is -0.610. The van der Waals surface area contributed by atoms with Crippen LogP contribution >= 0.6 is 0 Å². The van der Waals surface area contributed by atoms with Crippen molar-refractivity contribution < 1.29 is 14.0 Å². The second-order valence-electron chi connectivity index (χ2n) is 5.16. The molecule has 5 heteroatoms. The van der Waals surface area contributed by atoms with Crippen LogP contribution in [-0.4, -0.2) is 24.9 Å². The second-order valence-corrected chi connectivity index (χ2v) is 5.16. The minimum absolute atomic E-state index is 0.0983. The molecule has 0 atom stereocenters. The Balaban J connectivity index is 1.86. The predicted molar refractivity (Wildman–Crippen MR) is 87.6 cm³/mol. The van der Waals surface area contributed by atoms with Crippen LogP contribution < -0.4 is 10.2 Å². The first-order chi connectivity index (χ1) is 11.1. The van der Waals surface area contributed by atoms with Crippen molar-refractivity contribution in [1.82, 2.24) is 5.32 Å². The summed E-state index contributed by atoms with van der Waals surface area (Å²) < 4.78 is 13.0. The van der Waals surface area contributed by atoms with E-state index in [2.05, 4.69) is 5.32 Å². The zero-order valence-corrected chi connectivity index (χ0v) is 13.0. The monoisotopic (exact) mass is 314 g/mol. The number of anilines is 1. The third-order valence-electron chi connectivity index (χ3n) is 3.38. The Hall–Kier alpha value is -2.69. The van der Waals surface area contributed by atoms with Gasteiger partial charge in [0.15, 0.2) is 0 Å². The highest BCUT2D eigenvalue weighted by molar-refractivity contribution is 5.91. The van der Waals surface area contributed by atoms with Crippen molar-refractivity contribution in [3.63, 3.8) is 0 Å². The summed E-state index contributed by atoms with van der Waals surface area (Å²) >= 11 is 0. The van der Waals surface area contributed by atoms with Crippen molar-refractivity contribution in [3.8, 4) is 0 Å². The van der Waals surface area contributed by atoms with Crippen molar-refractivity contribution in [2.75, 3.05) is 18.0 Å². The van der Waals surface area contributed by atoms with Gasteiger partial charge in [-0.1, -0.05) is 30.3 Å². The maximum Gasteiger partial charge on any atom is 0.224 e. The number of nitrogens with zero attached hydrogens (tertiary/aromatic N) is 1. The van der Waals surface area contributed by atoms with Gasteiger partial charge in [0.25, 0.3) is 0 Å². The highest BCUT2D eigenvalue weighted by Crippen LogP contribution is 2.14. The Morgan fingerprint density at radius 1 is 1.04 bits per heavy atom. The molecule has 0 radical (unpaired) electrons. The van der Waals surface area contributed by atoms with Crippen molar-refractivity contribution in [2.24, 2.45) is 0 Å². The summed E-state index contributed by atoms with van der Waals surface area (Å²) in [4.78, 5) is 25.1. The Kier molecular flexibility index (Phi) is 5.86. The fourth-order valence-corrected chi connectivity index (χ4v) is 2.24. The molecule has 0 aliphatic heterocycles. The van der Waals surface area contributed by atoms with Gasteiger partial charge in [-0.3, -0.25) is 9.59 Å². The van der Waals surface area contributed by atoms with E-state index in [1.165, 1.54) is 24.0 Å². The number of carbonyl (C=O) groups is 2. The normalized spacial score (nSPS) is 10.2. The number of carbonyl (C=O) groups excluding carboxylic acids is 2. The minimum Gasteiger partial charge on any atom is -0.354 e. The smallest absolute Gasteiger partial charge is 0.224 e. The molecule has 0 saturated carbocycles. The SMILES string of the molecule is CC(=O)N(CCNC(=O)Cc1ccccc1)c1ccc(F)cc1. The quantitative estimate of drug-likeness (QED) is 0.891. The standard InChI is InChI=1S/C18H19FN2O2/c1-14(22)21(17-9-7-16(19)8-10-17)12-11-20-18(23)13-15-5-3-2-4-6-15/h2-10H,11-13H2,1H3,(H,20,23). The molecule has 0 spiro atoms. The van der Waals surface area contributed by atoms with E-state index < -0.39 is 0 Å². The van der Waals surface area contributed by atoms with Crippen molar-refractivity contribution in [3.05, 3.63) is 66.0 Å². The zero-order valence-electron chi connectivity index (χ0n) is 13.0. The van der Waals surface area contributed by atoms with E-state index in [1.807, 2.05) is 30.3 Å². The number of rotatable bonds is 6. The molecule has 0 bridgehead atoms. The summed E-state index contributed by atoms with van der Waals surface area (Å²) in [5, 5.41) is 2.79. The minimum atomic E-state index is -0.353. The number of nitrogens with one attached hydrogen (secondary N) is 1. The van der Waals surface area contributed by atoms with Crippen LogP contribution in [-0.2, 0) is 16.0 Å². The zero-order chi connectivity index (χ0) is 16.7. The van der Waals surface area contributed by atoms with Gasteiger partial charge in [-0.25, -0.2) is 4.39 Å². The highest BCUT2D eigenvalue weighted by atomic mass is 19.1. The lowest BCUT2D eigenvalue weighted by molar-refractivity contribution is -0.121. The number of hydrogen-bond donors (Lipinski definition) is 1. The van der Waals surface area contributed by atoms with Gasteiger partial charge in [0.05, 0.1) is 6.42 Å². The van der Waals surface area contributed by atoms with Crippen molar-refractivity contribution >= 4 is 17.5 Å². The third kappa shape index (κ3) is 5.21. The number of halogens is 1. The molecule has 1 N–H and O–H groups in total. The van der Waals surface area contributed by atoms with Gasteiger partial charge in [-0.2, -0.15) is 0 Å². The first kappa shape index (κ1) is 16.7. The first-order valence-electron chi connectivity index (χ1n) is 7.40. The molecule has 0 fully saturated rings. The molecule has 2 aromatic rings. The second kappa shape index (κ2) is 8.08. The van der Waals surface area contributed by atoms with E-state index in [0.717, 1.165) is 5.56 Å². The van der Waals surface area contributed by atoms with Gasteiger partial charge in [0, 0.05) is 25.7 Å². The summed E-state index contributed by atoms with van der Waals surface area (Å²) in [6.45, 7) is 2.11. The van der Waals surface area contributed by atoms with Gasteiger partial charge in [0.2, 0.25) is 11.8 Å². The predicted octanol–water partition coefficient (Wildman–Crippen LogP) is 2.54. The molecule has 0 unspecified atom stereocenters. The molecule has 0 aliphatic carbocycles. The van der Waals surface area contributed by atoms with E-state index in [4.69, 9.17) is 0 Å². The molecule has 0 aliphatic rings. The van der Waals surface area contributed by atoms with E-state index >= 15 is 0 Å². The number of hydrogen-bond acceptors (Lipinski definition) is 2. The maximum absolute atomic E-state index is 13.0. The Labute approximate surface area is 134 Å². The summed E-state index contributed by atoms with van der Waals surface area (Å²) in [6, 6.07) is 15.1. The Bertz CT molecular complexity index is 656. The maximum atomic E-state index is 13.0. The third-order valence-corrected chi connectivity index (χ3v) is 3.38. The first-order valence-corrected chi connectivity index (χ1v) is 7.40. The summed E-state index contributed by atoms with van der Waals surface area (Å²) in [6.07, 6.45) is 0.303. The van der Waals surface area contributed by atoms with Crippen LogP contribution in [0, 0.1) is 5.82 Å². The van der Waals surface area contributed by atoms with E-state index in [-0.39, 0.29) is 17.6 Å². The largest absolute Gasteiger partial charge is 0.354 e. The topological polar surface area (TPSA) is 49.4 Å². The van der Waals surface area contributed by atoms with E-state index in [0.29, 0.717) is 25.2 Å². The van der Waals surface area contributed by atoms with Crippen LogP contribution in [0.3, 0.4) is 0 Å². The van der Waals surface area contributed by atoms with Gasteiger partial charge in [-0.15, -0.1) is 0 Å². The molecule has 2 rings (SSSR count). The molecular formula is C18H19FN2O2. The fourth-order valence-electron chi connectivity index (χ4n) is 2.24. The van der Waals surface area contributed by atoms with Gasteiger partial charge < -0.3 is 10.2 Å². The van der Waals surface area contributed by atoms with E-state index in [9.17, 15) is 14.0 Å². The van der Waals surface area contributed by atoms with Crippen LogP contribution in [0.5, 0.6) is 0 Å². The Morgan fingerprint density at radius 2 is 1.70 bits per heavy atom. The average molecular weight is 314 g/mol.